The average molecular weight is 277 g/mol. The molecule has 1 aromatic rings. The summed E-state index contributed by atoms with van der Waals surface area (Å²) in [5.41, 5.74) is -0.969. The van der Waals surface area contributed by atoms with Crippen LogP contribution in [0.25, 0.3) is 0 Å². The number of rotatable bonds is 2. The molecule has 1 atom stereocenters. The van der Waals surface area contributed by atoms with E-state index in [4.69, 9.17) is 9.84 Å². The SMILES string of the molecule is OCC1COCCN(c2nccc(C(F)(F)F)n2)C1. The van der Waals surface area contributed by atoms with E-state index in [-0.39, 0.29) is 18.5 Å². The lowest BCUT2D eigenvalue weighted by molar-refractivity contribution is -0.141. The van der Waals surface area contributed by atoms with Gasteiger partial charge in [0.15, 0.2) is 0 Å². The third-order valence-corrected chi connectivity index (χ3v) is 2.81. The molecule has 8 heteroatoms. The summed E-state index contributed by atoms with van der Waals surface area (Å²) in [5.74, 6) is -0.139. The first kappa shape index (κ1) is 14.0. The number of halogens is 3. The molecular weight excluding hydrogens is 263 g/mol. The van der Waals surface area contributed by atoms with Crippen LogP contribution in [0.2, 0.25) is 0 Å². The van der Waals surface area contributed by atoms with E-state index in [2.05, 4.69) is 9.97 Å². The number of hydrogen-bond acceptors (Lipinski definition) is 5. The van der Waals surface area contributed by atoms with Gasteiger partial charge in [-0.15, -0.1) is 0 Å². The molecule has 0 amide bonds. The van der Waals surface area contributed by atoms with Crippen LogP contribution in [0.4, 0.5) is 19.1 Å². The quantitative estimate of drug-likeness (QED) is 0.872. The van der Waals surface area contributed by atoms with Crippen LogP contribution in [0, 0.1) is 5.92 Å². The van der Waals surface area contributed by atoms with Crippen LogP contribution in [-0.4, -0.2) is 48.0 Å². The van der Waals surface area contributed by atoms with Gasteiger partial charge in [0.1, 0.15) is 5.69 Å². The Hall–Kier alpha value is -1.41. The molecular formula is C11H14F3N3O2. The van der Waals surface area contributed by atoms with Crippen LogP contribution in [-0.2, 0) is 10.9 Å². The van der Waals surface area contributed by atoms with Crippen molar-refractivity contribution < 1.29 is 23.0 Å². The zero-order valence-corrected chi connectivity index (χ0v) is 10.1. The van der Waals surface area contributed by atoms with Gasteiger partial charge in [-0.1, -0.05) is 0 Å². The van der Waals surface area contributed by atoms with Crippen LogP contribution in [0.5, 0.6) is 0 Å². The van der Waals surface area contributed by atoms with Crippen LogP contribution >= 0.6 is 0 Å². The molecule has 1 fully saturated rings. The van der Waals surface area contributed by atoms with Crippen molar-refractivity contribution in [3.8, 4) is 0 Å². The number of ether oxygens (including phenoxy) is 1. The molecule has 106 valence electrons. The molecule has 0 bridgehead atoms. The lowest BCUT2D eigenvalue weighted by Gasteiger charge is -2.22. The van der Waals surface area contributed by atoms with E-state index in [1.165, 1.54) is 0 Å². The zero-order chi connectivity index (χ0) is 13.9. The number of anilines is 1. The zero-order valence-electron chi connectivity index (χ0n) is 10.1. The molecule has 5 nitrogen and oxygen atoms in total. The van der Waals surface area contributed by atoms with Gasteiger partial charge >= 0.3 is 6.18 Å². The standard InChI is InChI=1S/C11H14F3N3O2/c12-11(13,14)9-1-2-15-10(16-9)17-3-4-19-7-8(5-17)6-18/h1-2,8,18H,3-7H2. The Morgan fingerprint density at radius 1 is 1.47 bits per heavy atom. The number of aliphatic hydroxyl groups excluding tert-OH is 1. The monoisotopic (exact) mass is 277 g/mol. The summed E-state index contributed by atoms with van der Waals surface area (Å²) in [6.07, 6.45) is -3.40. The molecule has 1 aliphatic heterocycles. The lowest BCUT2D eigenvalue weighted by atomic mass is 10.2. The van der Waals surface area contributed by atoms with E-state index < -0.39 is 11.9 Å². The highest BCUT2D eigenvalue weighted by Crippen LogP contribution is 2.28. The van der Waals surface area contributed by atoms with Gasteiger partial charge in [0.2, 0.25) is 5.95 Å². The fourth-order valence-electron chi connectivity index (χ4n) is 1.83. The second-order valence-electron chi connectivity index (χ2n) is 4.31. The Morgan fingerprint density at radius 2 is 2.26 bits per heavy atom. The second kappa shape index (κ2) is 5.70. The minimum absolute atomic E-state index is 0.0128. The summed E-state index contributed by atoms with van der Waals surface area (Å²) in [5, 5.41) is 9.14. The number of alkyl halides is 3. The van der Waals surface area contributed by atoms with E-state index in [9.17, 15) is 13.2 Å². The van der Waals surface area contributed by atoms with Crippen LogP contribution in [0.3, 0.4) is 0 Å². The maximum absolute atomic E-state index is 12.6. The second-order valence-corrected chi connectivity index (χ2v) is 4.31. The third kappa shape index (κ3) is 3.54. The van der Waals surface area contributed by atoms with Crippen LogP contribution in [0.15, 0.2) is 12.3 Å². The molecule has 1 unspecified atom stereocenters. The van der Waals surface area contributed by atoms with Crippen molar-refractivity contribution in [2.45, 2.75) is 6.18 Å². The Kier molecular flexibility index (Phi) is 4.20. The first-order chi connectivity index (χ1) is 9.00. The van der Waals surface area contributed by atoms with Crippen molar-refractivity contribution >= 4 is 5.95 Å². The molecule has 19 heavy (non-hydrogen) atoms. The van der Waals surface area contributed by atoms with Gasteiger partial charge in [-0.3, -0.25) is 0 Å². The number of hydrogen-bond donors (Lipinski definition) is 1. The van der Waals surface area contributed by atoms with E-state index in [0.29, 0.717) is 26.3 Å². The number of aromatic nitrogens is 2. The van der Waals surface area contributed by atoms with Crippen molar-refractivity contribution in [1.82, 2.24) is 9.97 Å². The van der Waals surface area contributed by atoms with Gasteiger partial charge in [0.25, 0.3) is 0 Å². The summed E-state index contributed by atoms with van der Waals surface area (Å²) in [7, 11) is 0. The van der Waals surface area contributed by atoms with E-state index in [1.807, 2.05) is 0 Å². The maximum Gasteiger partial charge on any atom is 0.433 e. The fourth-order valence-corrected chi connectivity index (χ4v) is 1.83. The topological polar surface area (TPSA) is 58.5 Å². The number of aliphatic hydroxyl groups is 1. The molecule has 0 saturated carbocycles. The van der Waals surface area contributed by atoms with Crippen molar-refractivity contribution in [2.75, 3.05) is 37.8 Å². The molecule has 1 aliphatic rings. The van der Waals surface area contributed by atoms with Gasteiger partial charge in [0.05, 0.1) is 13.2 Å². The first-order valence-electron chi connectivity index (χ1n) is 5.84. The highest BCUT2D eigenvalue weighted by atomic mass is 19.4. The molecule has 2 rings (SSSR count). The normalized spacial score (nSPS) is 21.3. The first-order valence-corrected chi connectivity index (χ1v) is 5.84. The Bertz CT molecular complexity index is 428. The summed E-state index contributed by atoms with van der Waals surface area (Å²) >= 11 is 0. The van der Waals surface area contributed by atoms with E-state index >= 15 is 0 Å². The lowest BCUT2D eigenvalue weighted by Crippen LogP contribution is -2.33. The third-order valence-electron chi connectivity index (χ3n) is 2.81. The Balaban J connectivity index is 2.20. The molecule has 0 aliphatic carbocycles. The Labute approximate surface area is 108 Å². The van der Waals surface area contributed by atoms with Crippen molar-refractivity contribution in [3.05, 3.63) is 18.0 Å². The van der Waals surface area contributed by atoms with Crippen molar-refractivity contribution in [2.24, 2.45) is 5.92 Å². The van der Waals surface area contributed by atoms with Gasteiger partial charge in [-0.2, -0.15) is 13.2 Å². The Morgan fingerprint density at radius 3 is 2.95 bits per heavy atom. The minimum atomic E-state index is -4.49. The summed E-state index contributed by atoms with van der Waals surface area (Å²) in [4.78, 5) is 9.00. The maximum atomic E-state index is 12.6. The van der Waals surface area contributed by atoms with Crippen LogP contribution in [0.1, 0.15) is 5.69 Å². The molecule has 1 saturated heterocycles. The van der Waals surface area contributed by atoms with Gasteiger partial charge in [0, 0.05) is 31.8 Å². The van der Waals surface area contributed by atoms with E-state index in [0.717, 1.165) is 12.3 Å². The summed E-state index contributed by atoms with van der Waals surface area (Å²) < 4.78 is 43.0. The highest BCUT2D eigenvalue weighted by molar-refractivity contribution is 5.31. The summed E-state index contributed by atoms with van der Waals surface area (Å²) in [6, 6.07) is 0.835. The molecule has 0 radical (unpaired) electrons. The fraction of sp³-hybridized carbons (Fsp3) is 0.636. The van der Waals surface area contributed by atoms with Crippen molar-refractivity contribution in [3.63, 3.8) is 0 Å². The largest absolute Gasteiger partial charge is 0.433 e. The van der Waals surface area contributed by atoms with Gasteiger partial charge < -0.3 is 14.7 Å². The predicted molar refractivity (Wildman–Crippen MR) is 60.6 cm³/mol. The number of nitrogens with zero attached hydrogens (tertiary/aromatic N) is 3. The highest BCUT2D eigenvalue weighted by Gasteiger charge is 2.33. The minimum Gasteiger partial charge on any atom is -0.396 e. The van der Waals surface area contributed by atoms with Crippen molar-refractivity contribution in [1.29, 1.82) is 0 Å². The van der Waals surface area contributed by atoms with Crippen LogP contribution < -0.4 is 4.90 Å². The molecule has 2 heterocycles. The van der Waals surface area contributed by atoms with E-state index in [1.54, 1.807) is 4.90 Å². The van der Waals surface area contributed by atoms with Gasteiger partial charge in [-0.25, -0.2) is 9.97 Å². The van der Waals surface area contributed by atoms with Gasteiger partial charge in [-0.05, 0) is 6.07 Å². The summed E-state index contributed by atoms with van der Waals surface area (Å²) in [6.45, 7) is 1.44. The molecule has 1 N–H and O–H groups in total. The smallest absolute Gasteiger partial charge is 0.396 e. The molecule has 0 aromatic carbocycles. The average Bonchev–Trinajstić information content (AvgIpc) is 2.63. The predicted octanol–water partition coefficient (Wildman–Crippen LogP) is 0.940. The molecule has 0 spiro atoms. The molecule has 1 aromatic heterocycles.